The Morgan fingerprint density at radius 3 is 2.92 bits per heavy atom. The Hall–Kier alpha value is -2.09. The molecule has 2 aliphatic heterocycles. The normalized spacial score (nSPS) is 17.6. The number of hydrogen-bond acceptors (Lipinski definition) is 6. The standard InChI is InChI=1S/C17H11ClN2O3S2/c18-12-6-14-13(22-9-23-14)4-11(12)5-15-16(21)20(17(24)25-15)8-10-2-1-3-19-7-10/h1-7H,8-9H2. The summed E-state index contributed by atoms with van der Waals surface area (Å²) in [4.78, 5) is 18.8. The van der Waals surface area contributed by atoms with Gasteiger partial charge in [0.25, 0.3) is 5.91 Å². The molecule has 1 amide bonds. The van der Waals surface area contributed by atoms with Gasteiger partial charge in [-0.3, -0.25) is 14.7 Å². The fourth-order valence-corrected chi connectivity index (χ4v) is 3.95. The molecule has 0 unspecified atom stereocenters. The summed E-state index contributed by atoms with van der Waals surface area (Å²) < 4.78 is 11.2. The van der Waals surface area contributed by atoms with Crippen LogP contribution in [0.4, 0.5) is 0 Å². The Labute approximate surface area is 158 Å². The number of thioether (sulfide) groups is 1. The first-order valence-electron chi connectivity index (χ1n) is 7.35. The molecule has 1 aromatic carbocycles. The summed E-state index contributed by atoms with van der Waals surface area (Å²) in [5.74, 6) is 1.07. The highest BCUT2D eigenvalue weighted by molar-refractivity contribution is 8.26. The molecule has 8 heteroatoms. The average Bonchev–Trinajstić information content (AvgIpc) is 3.16. The van der Waals surface area contributed by atoms with E-state index in [1.54, 1.807) is 35.5 Å². The van der Waals surface area contributed by atoms with E-state index in [9.17, 15) is 4.79 Å². The molecule has 0 bridgehead atoms. The third-order valence-corrected chi connectivity index (χ3v) is 5.42. The van der Waals surface area contributed by atoms with E-state index in [1.807, 2.05) is 12.1 Å². The van der Waals surface area contributed by atoms with Crippen LogP contribution in [0.3, 0.4) is 0 Å². The van der Waals surface area contributed by atoms with Gasteiger partial charge in [-0.1, -0.05) is 41.6 Å². The van der Waals surface area contributed by atoms with Gasteiger partial charge in [0, 0.05) is 18.5 Å². The van der Waals surface area contributed by atoms with E-state index in [0.717, 1.165) is 5.56 Å². The minimum Gasteiger partial charge on any atom is -0.454 e. The molecule has 0 N–H and O–H groups in total. The predicted octanol–water partition coefficient (Wildman–Crippen LogP) is 3.87. The van der Waals surface area contributed by atoms with E-state index >= 15 is 0 Å². The lowest BCUT2D eigenvalue weighted by Crippen LogP contribution is -2.27. The second-order valence-corrected chi connectivity index (χ2v) is 7.44. The fraction of sp³-hybridized carbons (Fsp3) is 0.118. The smallest absolute Gasteiger partial charge is 0.266 e. The third-order valence-electron chi connectivity index (χ3n) is 3.72. The van der Waals surface area contributed by atoms with Gasteiger partial charge in [0.1, 0.15) is 4.32 Å². The molecule has 1 saturated heterocycles. The van der Waals surface area contributed by atoms with Crippen LogP contribution >= 0.6 is 35.6 Å². The summed E-state index contributed by atoms with van der Waals surface area (Å²) in [5, 5.41) is 0.488. The highest BCUT2D eigenvalue weighted by Gasteiger charge is 2.32. The number of aromatic nitrogens is 1. The van der Waals surface area contributed by atoms with E-state index in [2.05, 4.69) is 4.98 Å². The molecule has 25 heavy (non-hydrogen) atoms. The summed E-state index contributed by atoms with van der Waals surface area (Å²) in [7, 11) is 0. The van der Waals surface area contributed by atoms with Gasteiger partial charge in [-0.25, -0.2) is 0 Å². The Morgan fingerprint density at radius 2 is 2.16 bits per heavy atom. The van der Waals surface area contributed by atoms with E-state index in [0.29, 0.717) is 37.9 Å². The molecule has 0 saturated carbocycles. The van der Waals surface area contributed by atoms with Crippen LogP contribution in [0.15, 0.2) is 41.6 Å². The zero-order valence-corrected chi connectivity index (χ0v) is 15.2. The van der Waals surface area contributed by atoms with E-state index < -0.39 is 0 Å². The molecule has 5 nitrogen and oxygen atoms in total. The average molecular weight is 391 g/mol. The van der Waals surface area contributed by atoms with Crippen molar-refractivity contribution in [3.8, 4) is 11.5 Å². The predicted molar refractivity (Wildman–Crippen MR) is 101 cm³/mol. The Morgan fingerprint density at radius 1 is 1.36 bits per heavy atom. The van der Waals surface area contributed by atoms with Gasteiger partial charge in [-0.15, -0.1) is 0 Å². The van der Waals surface area contributed by atoms with Crippen LogP contribution in [0, 0.1) is 0 Å². The van der Waals surface area contributed by atoms with Gasteiger partial charge in [0.15, 0.2) is 11.5 Å². The minimum absolute atomic E-state index is 0.146. The summed E-state index contributed by atoms with van der Waals surface area (Å²) in [5.41, 5.74) is 1.61. The summed E-state index contributed by atoms with van der Waals surface area (Å²) in [6, 6.07) is 7.18. The Balaban J connectivity index is 1.60. The summed E-state index contributed by atoms with van der Waals surface area (Å²) in [6.45, 7) is 0.563. The SMILES string of the molecule is O=C1C(=Cc2cc3c(cc2Cl)OCO3)SC(=S)N1Cc1cccnc1. The van der Waals surface area contributed by atoms with E-state index in [-0.39, 0.29) is 12.7 Å². The zero-order valence-electron chi connectivity index (χ0n) is 12.8. The number of ether oxygens (including phenoxy) is 2. The Kier molecular flexibility index (Phi) is 4.37. The monoisotopic (exact) mass is 390 g/mol. The second kappa shape index (κ2) is 6.67. The summed E-state index contributed by atoms with van der Waals surface area (Å²) in [6.07, 6.45) is 5.14. The van der Waals surface area contributed by atoms with Gasteiger partial charge in [-0.2, -0.15) is 0 Å². The number of carbonyl (C=O) groups excluding carboxylic acids is 1. The largest absolute Gasteiger partial charge is 0.454 e. The van der Waals surface area contributed by atoms with Crippen LogP contribution in [-0.2, 0) is 11.3 Å². The molecule has 0 spiro atoms. The van der Waals surface area contributed by atoms with Crippen molar-refractivity contribution in [2.75, 3.05) is 6.79 Å². The lowest BCUT2D eigenvalue weighted by Gasteiger charge is -2.13. The van der Waals surface area contributed by atoms with Gasteiger partial charge < -0.3 is 9.47 Å². The van der Waals surface area contributed by atoms with Crippen molar-refractivity contribution in [1.82, 2.24) is 9.88 Å². The van der Waals surface area contributed by atoms with Crippen molar-refractivity contribution >= 4 is 51.9 Å². The van der Waals surface area contributed by atoms with E-state index in [1.165, 1.54) is 11.8 Å². The number of hydrogen-bond donors (Lipinski definition) is 0. The molecule has 1 fully saturated rings. The van der Waals surface area contributed by atoms with E-state index in [4.69, 9.17) is 33.3 Å². The number of thiocarbonyl (C=S) groups is 1. The first-order chi connectivity index (χ1) is 12.1. The lowest BCUT2D eigenvalue weighted by molar-refractivity contribution is -0.122. The maximum absolute atomic E-state index is 12.7. The van der Waals surface area contributed by atoms with Crippen molar-refractivity contribution < 1.29 is 14.3 Å². The summed E-state index contributed by atoms with van der Waals surface area (Å²) >= 11 is 12.9. The van der Waals surface area contributed by atoms with Gasteiger partial charge in [0.2, 0.25) is 6.79 Å². The number of pyridine rings is 1. The van der Waals surface area contributed by atoms with Gasteiger partial charge in [-0.05, 0) is 29.3 Å². The number of rotatable bonds is 3. The fourth-order valence-electron chi connectivity index (χ4n) is 2.50. The number of carbonyl (C=O) groups is 1. The quantitative estimate of drug-likeness (QED) is 0.586. The molecular formula is C17H11ClN2O3S2. The van der Waals surface area contributed by atoms with Crippen LogP contribution in [0.25, 0.3) is 6.08 Å². The number of amides is 1. The van der Waals surface area contributed by atoms with Gasteiger partial charge in [0.05, 0.1) is 16.5 Å². The Bertz CT molecular complexity index is 902. The molecule has 2 aliphatic rings. The van der Waals surface area contributed by atoms with Gasteiger partial charge >= 0.3 is 0 Å². The second-order valence-electron chi connectivity index (χ2n) is 5.36. The molecule has 0 aliphatic carbocycles. The molecule has 126 valence electrons. The van der Waals surface area contributed by atoms with Crippen LogP contribution in [-0.4, -0.2) is 26.9 Å². The van der Waals surface area contributed by atoms with Crippen molar-refractivity contribution in [2.24, 2.45) is 0 Å². The molecule has 3 heterocycles. The molecule has 4 rings (SSSR count). The van der Waals surface area contributed by atoms with Crippen LogP contribution < -0.4 is 9.47 Å². The zero-order chi connectivity index (χ0) is 17.4. The highest BCUT2D eigenvalue weighted by Crippen LogP contribution is 2.40. The molecule has 0 radical (unpaired) electrons. The molecule has 1 aromatic heterocycles. The highest BCUT2D eigenvalue weighted by atomic mass is 35.5. The van der Waals surface area contributed by atoms with Crippen molar-refractivity contribution in [1.29, 1.82) is 0 Å². The molecule has 0 atom stereocenters. The molecule has 2 aromatic rings. The maximum atomic E-state index is 12.7. The van der Waals surface area contributed by atoms with Crippen molar-refractivity contribution in [3.63, 3.8) is 0 Å². The number of benzene rings is 1. The topological polar surface area (TPSA) is 51.7 Å². The number of halogens is 1. The van der Waals surface area contributed by atoms with Crippen LogP contribution in [0.5, 0.6) is 11.5 Å². The lowest BCUT2D eigenvalue weighted by atomic mass is 10.1. The van der Waals surface area contributed by atoms with Crippen LogP contribution in [0.1, 0.15) is 11.1 Å². The van der Waals surface area contributed by atoms with Crippen molar-refractivity contribution in [2.45, 2.75) is 6.54 Å². The number of nitrogens with zero attached hydrogens (tertiary/aromatic N) is 2. The third kappa shape index (κ3) is 3.22. The molecular weight excluding hydrogens is 380 g/mol. The minimum atomic E-state index is -0.146. The van der Waals surface area contributed by atoms with Crippen molar-refractivity contribution in [3.05, 3.63) is 57.7 Å². The number of fused-ring (bicyclic) bond motifs is 1. The maximum Gasteiger partial charge on any atom is 0.266 e. The first-order valence-corrected chi connectivity index (χ1v) is 8.95. The first kappa shape index (κ1) is 16.4. The van der Waals surface area contributed by atoms with Crippen LogP contribution in [0.2, 0.25) is 5.02 Å².